The van der Waals surface area contributed by atoms with Crippen LogP contribution in [0.4, 0.5) is 0 Å². The Morgan fingerprint density at radius 3 is 2.38 bits per heavy atom. The second kappa shape index (κ2) is 6.66. The molecular weight excluding hydrogens is 198 g/mol. The fourth-order valence-electron chi connectivity index (χ4n) is 1.52. The van der Waals surface area contributed by atoms with Crippen molar-refractivity contribution in [3.8, 4) is 0 Å². The summed E-state index contributed by atoms with van der Waals surface area (Å²) >= 11 is 0. The van der Waals surface area contributed by atoms with Gasteiger partial charge in [0.25, 0.3) is 0 Å². The molecule has 0 aliphatic rings. The van der Waals surface area contributed by atoms with Crippen molar-refractivity contribution in [1.82, 2.24) is 5.32 Å². The summed E-state index contributed by atoms with van der Waals surface area (Å²) in [6.07, 6.45) is 0.634. The third kappa shape index (κ3) is 4.77. The van der Waals surface area contributed by atoms with Crippen LogP contribution < -0.4 is 5.32 Å². The molecule has 2 nitrogen and oxygen atoms in total. The maximum atomic E-state index is 9.62. The predicted octanol–water partition coefficient (Wildman–Crippen LogP) is 2.49. The van der Waals surface area contributed by atoms with Gasteiger partial charge in [0.2, 0.25) is 0 Å². The molecule has 16 heavy (non-hydrogen) atoms. The molecule has 1 rings (SSSR count). The van der Waals surface area contributed by atoms with Gasteiger partial charge in [0.05, 0.1) is 6.10 Å². The molecule has 0 saturated carbocycles. The van der Waals surface area contributed by atoms with E-state index in [9.17, 15) is 5.11 Å². The van der Waals surface area contributed by atoms with Crippen LogP contribution in [0.25, 0.3) is 0 Å². The third-order valence-corrected chi connectivity index (χ3v) is 2.84. The van der Waals surface area contributed by atoms with Crippen molar-refractivity contribution in [3.05, 3.63) is 35.4 Å². The van der Waals surface area contributed by atoms with Gasteiger partial charge in [0.1, 0.15) is 0 Å². The van der Waals surface area contributed by atoms with Crippen LogP contribution in [0.3, 0.4) is 0 Å². The van der Waals surface area contributed by atoms with Crippen molar-refractivity contribution in [2.75, 3.05) is 6.54 Å². The molecule has 1 aromatic rings. The maximum absolute atomic E-state index is 9.62. The van der Waals surface area contributed by atoms with E-state index in [4.69, 9.17) is 0 Å². The zero-order valence-corrected chi connectivity index (χ0v) is 10.5. The Balaban J connectivity index is 2.18. The molecule has 1 aromatic carbocycles. The predicted molar refractivity (Wildman–Crippen MR) is 68.3 cm³/mol. The Morgan fingerprint density at radius 1 is 1.19 bits per heavy atom. The molecule has 0 saturated heterocycles. The summed E-state index contributed by atoms with van der Waals surface area (Å²) < 4.78 is 0. The van der Waals surface area contributed by atoms with Gasteiger partial charge in [0.15, 0.2) is 0 Å². The SMILES string of the molecule is Cc1ccc(CNCCC(O)C(C)C)cc1. The highest BCUT2D eigenvalue weighted by Gasteiger charge is 2.07. The van der Waals surface area contributed by atoms with Crippen molar-refractivity contribution in [1.29, 1.82) is 0 Å². The molecule has 1 atom stereocenters. The third-order valence-electron chi connectivity index (χ3n) is 2.84. The Hall–Kier alpha value is -0.860. The highest BCUT2D eigenvalue weighted by molar-refractivity contribution is 5.20. The summed E-state index contributed by atoms with van der Waals surface area (Å²) in [7, 11) is 0. The molecule has 0 bridgehead atoms. The van der Waals surface area contributed by atoms with E-state index in [1.54, 1.807) is 0 Å². The molecule has 0 aliphatic heterocycles. The minimum atomic E-state index is -0.189. The first-order valence-electron chi connectivity index (χ1n) is 6.04. The first-order valence-corrected chi connectivity index (χ1v) is 6.04. The number of nitrogens with one attached hydrogen (secondary N) is 1. The van der Waals surface area contributed by atoms with Crippen LogP contribution in [0, 0.1) is 12.8 Å². The Bertz CT molecular complexity index is 292. The van der Waals surface area contributed by atoms with Gasteiger partial charge in [-0.05, 0) is 31.4 Å². The second-order valence-electron chi connectivity index (χ2n) is 4.76. The van der Waals surface area contributed by atoms with E-state index in [1.807, 2.05) is 13.8 Å². The molecule has 0 radical (unpaired) electrons. The van der Waals surface area contributed by atoms with E-state index in [0.717, 1.165) is 19.5 Å². The summed E-state index contributed by atoms with van der Waals surface area (Å²) in [5.41, 5.74) is 2.59. The lowest BCUT2D eigenvalue weighted by Crippen LogP contribution is -2.23. The minimum absolute atomic E-state index is 0.189. The second-order valence-corrected chi connectivity index (χ2v) is 4.76. The zero-order chi connectivity index (χ0) is 12.0. The summed E-state index contributed by atoms with van der Waals surface area (Å²) in [4.78, 5) is 0. The van der Waals surface area contributed by atoms with Gasteiger partial charge in [-0.25, -0.2) is 0 Å². The maximum Gasteiger partial charge on any atom is 0.0575 e. The largest absolute Gasteiger partial charge is 0.393 e. The molecule has 1 unspecified atom stereocenters. The van der Waals surface area contributed by atoms with Crippen molar-refractivity contribution in [2.24, 2.45) is 5.92 Å². The summed E-state index contributed by atoms with van der Waals surface area (Å²) in [6, 6.07) is 8.53. The number of aliphatic hydroxyl groups is 1. The average Bonchev–Trinajstić information content (AvgIpc) is 2.26. The van der Waals surface area contributed by atoms with Crippen LogP contribution in [0.15, 0.2) is 24.3 Å². The quantitative estimate of drug-likeness (QED) is 0.723. The fraction of sp³-hybridized carbons (Fsp3) is 0.571. The van der Waals surface area contributed by atoms with Gasteiger partial charge in [-0.3, -0.25) is 0 Å². The van der Waals surface area contributed by atoms with Crippen molar-refractivity contribution >= 4 is 0 Å². The van der Waals surface area contributed by atoms with E-state index in [2.05, 4.69) is 36.5 Å². The monoisotopic (exact) mass is 221 g/mol. The van der Waals surface area contributed by atoms with Crippen LogP contribution in [0.5, 0.6) is 0 Å². The number of aryl methyl sites for hydroxylation is 1. The van der Waals surface area contributed by atoms with Crippen molar-refractivity contribution in [3.63, 3.8) is 0 Å². The molecule has 2 N–H and O–H groups in total. The molecule has 2 heteroatoms. The van der Waals surface area contributed by atoms with Gasteiger partial charge in [-0.1, -0.05) is 43.7 Å². The van der Waals surface area contributed by atoms with Gasteiger partial charge < -0.3 is 10.4 Å². The van der Waals surface area contributed by atoms with Gasteiger partial charge in [-0.15, -0.1) is 0 Å². The van der Waals surface area contributed by atoms with Crippen LogP contribution >= 0.6 is 0 Å². The lowest BCUT2D eigenvalue weighted by molar-refractivity contribution is 0.116. The lowest BCUT2D eigenvalue weighted by Gasteiger charge is -2.14. The molecule has 0 fully saturated rings. The first kappa shape index (κ1) is 13.2. The van der Waals surface area contributed by atoms with Gasteiger partial charge in [-0.2, -0.15) is 0 Å². The summed E-state index contributed by atoms with van der Waals surface area (Å²) in [5.74, 6) is 0.348. The summed E-state index contributed by atoms with van der Waals surface area (Å²) in [5, 5.41) is 13.0. The zero-order valence-electron chi connectivity index (χ0n) is 10.5. The van der Waals surface area contributed by atoms with E-state index >= 15 is 0 Å². The van der Waals surface area contributed by atoms with E-state index < -0.39 is 0 Å². The smallest absolute Gasteiger partial charge is 0.0575 e. The fourth-order valence-corrected chi connectivity index (χ4v) is 1.52. The van der Waals surface area contributed by atoms with Gasteiger partial charge in [0, 0.05) is 6.54 Å². The highest BCUT2D eigenvalue weighted by Crippen LogP contribution is 2.05. The van der Waals surface area contributed by atoms with Crippen LogP contribution in [0.1, 0.15) is 31.4 Å². The van der Waals surface area contributed by atoms with Crippen LogP contribution in [-0.4, -0.2) is 17.8 Å². The number of rotatable bonds is 6. The van der Waals surface area contributed by atoms with E-state index in [0.29, 0.717) is 5.92 Å². The number of aliphatic hydroxyl groups excluding tert-OH is 1. The lowest BCUT2D eigenvalue weighted by atomic mass is 10.0. The van der Waals surface area contributed by atoms with Crippen LogP contribution in [0.2, 0.25) is 0 Å². The Labute approximate surface area is 98.7 Å². The molecule has 0 spiro atoms. The Morgan fingerprint density at radius 2 is 1.81 bits per heavy atom. The normalized spacial score (nSPS) is 13.1. The average molecular weight is 221 g/mol. The van der Waals surface area contributed by atoms with E-state index in [1.165, 1.54) is 11.1 Å². The molecule has 0 heterocycles. The molecule has 90 valence electrons. The van der Waals surface area contributed by atoms with Gasteiger partial charge >= 0.3 is 0 Å². The minimum Gasteiger partial charge on any atom is -0.393 e. The number of hydrogen-bond acceptors (Lipinski definition) is 2. The molecular formula is C14H23NO. The number of hydrogen-bond donors (Lipinski definition) is 2. The van der Waals surface area contributed by atoms with Crippen LogP contribution in [-0.2, 0) is 6.54 Å². The van der Waals surface area contributed by atoms with E-state index in [-0.39, 0.29) is 6.10 Å². The number of benzene rings is 1. The van der Waals surface area contributed by atoms with Crippen molar-refractivity contribution < 1.29 is 5.11 Å². The first-order chi connectivity index (χ1) is 7.59. The highest BCUT2D eigenvalue weighted by atomic mass is 16.3. The molecule has 0 aliphatic carbocycles. The topological polar surface area (TPSA) is 32.3 Å². The molecule has 0 amide bonds. The summed E-state index contributed by atoms with van der Waals surface area (Å²) in [6.45, 7) is 7.93. The Kier molecular flexibility index (Phi) is 5.50. The van der Waals surface area contributed by atoms with Crippen molar-refractivity contribution in [2.45, 2.75) is 39.8 Å². The molecule has 0 aromatic heterocycles. The standard InChI is InChI=1S/C14H23NO/c1-11(2)14(16)8-9-15-10-13-6-4-12(3)5-7-13/h4-7,11,14-16H,8-10H2,1-3H3.